The maximum atomic E-state index is 9.99. The third-order valence-electron chi connectivity index (χ3n) is 0.554. The average Bonchev–Trinajstić information content (AvgIpc) is 1.60. The molecule has 10 heavy (non-hydrogen) atoms. The van der Waals surface area contributed by atoms with Gasteiger partial charge in [-0.05, 0) is 0 Å². The molecule has 0 aromatic rings. The van der Waals surface area contributed by atoms with Crippen LogP contribution < -0.4 is 0 Å². The summed E-state index contributed by atoms with van der Waals surface area (Å²) in [6, 6.07) is 0. The van der Waals surface area contributed by atoms with Crippen LogP contribution in [-0.4, -0.2) is 26.3 Å². The van der Waals surface area contributed by atoms with E-state index >= 15 is 0 Å². The van der Waals surface area contributed by atoms with Crippen LogP contribution in [0, 0.1) is 5.21 Å². The molecule has 0 radical (unpaired) electrons. The lowest BCUT2D eigenvalue weighted by Gasteiger charge is -2.03. The topological polar surface area (TPSA) is 130 Å². The Balaban J connectivity index is 4.75. The molecule has 58 valence electrons. The lowest BCUT2D eigenvalue weighted by atomic mass is 10.8. The molecule has 0 saturated carbocycles. The monoisotopic (exact) mass is 168 g/mol. The first kappa shape index (κ1) is 9.09. The van der Waals surface area contributed by atoms with Crippen molar-refractivity contribution >= 4 is 19.0 Å². The Labute approximate surface area is 54.8 Å². The first-order valence-electron chi connectivity index (χ1n) is 1.89. The van der Waals surface area contributed by atoms with Crippen molar-refractivity contribution in [1.29, 1.82) is 0 Å². The second-order valence-electron chi connectivity index (χ2n) is 1.26. The molecule has 0 aliphatic heterocycles. The van der Waals surface area contributed by atoms with Crippen molar-refractivity contribution in [3.05, 3.63) is 5.21 Å². The molecule has 0 aromatic carbocycles. The SMILES string of the molecule is O=C(O)/C(=N\[O-])P(=O)(O)O. The van der Waals surface area contributed by atoms with E-state index in [-0.39, 0.29) is 0 Å². The van der Waals surface area contributed by atoms with Crippen LogP contribution in [0.4, 0.5) is 0 Å². The number of carboxylic acid groups (broad SMARTS) is 1. The minimum Gasteiger partial charge on any atom is -0.791 e. The summed E-state index contributed by atoms with van der Waals surface area (Å²) in [6.07, 6.45) is 0. The van der Waals surface area contributed by atoms with E-state index in [0.29, 0.717) is 0 Å². The zero-order valence-corrected chi connectivity index (χ0v) is 5.36. The van der Waals surface area contributed by atoms with Gasteiger partial charge in [0.15, 0.2) is 0 Å². The quantitative estimate of drug-likeness (QED) is 0.279. The molecule has 0 bridgehead atoms. The molecule has 0 heterocycles. The molecular formula is C2H3NO6P-. The van der Waals surface area contributed by atoms with Crippen molar-refractivity contribution in [3.63, 3.8) is 0 Å². The first-order valence-corrected chi connectivity index (χ1v) is 3.50. The fraction of sp³-hybridized carbons (Fsp3) is 0. The van der Waals surface area contributed by atoms with Crippen molar-refractivity contribution in [3.8, 4) is 0 Å². The molecule has 7 nitrogen and oxygen atoms in total. The molecule has 0 aliphatic carbocycles. The maximum absolute atomic E-state index is 9.99. The highest BCUT2D eigenvalue weighted by molar-refractivity contribution is 7.73. The van der Waals surface area contributed by atoms with Gasteiger partial charge < -0.3 is 25.3 Å². The van der Waals surface area contributed by atoms with Crippen molar-refractivity contribution in [2.24, 2.45) is 5.16 Å². The standard InChI is InChI=1S/C2H4NO6P/c4-2(5)1(3-6)10(7,8)9/h6H,(H,4,5)(H2,7,8,9)/p-1/b3-1+. The molecule has 0 spiro atoms. The number of carboxylic acids is 1. The van der Waals surface area contributed by atoms with Crippen LogP contribution in [0.1, 0.15) is 0 Å². The fourth-order valence-electron chi connectivity index (χ4n) is 0.217. The van der Waals surface area contributed by atoms with E-state index in [0.717, 1.165) is 0 Å². The maximum Gasteiger partial charge on any atom is 0.381 e. The predicted octanol–water partition coefficient (Wildman–Crippen LogP) is -0.855. The Morgan fingerprint density at radius 1 is 1.50 bits per heavy atom. The van der Waals surface area contributed by atoms with Gasteiger partial charge >= 0.3 is 13.6 Å². The third kappa shape index (κ3) is 2.14. The summed E-state index contributed by atoms with van der Waals surface area (Å²) in [7, 11) is -4.99. The molecule has 0 fully saturated rings. The zero-order chi connectivity index (χ0) is 8.36. The van der Waals surface area contributed by atoms with E-state index in [2.05, 4.69) is 0 Å². The molecule has 0 unspecified atom stereocenters. The van der Waals surface area contributed by atoms with Gasteiger partial charge in [0.2, 0.25) is 5.45 Å². The molecule has 0 atom stereocenters. The van der Waals surface area contributed by atoms with Crippen molar-refractivity contribution < 1.29 is 24.3 Å². The summed E-state index contributed by atoms with van der Waals surface area (Å²) in [4.78, 5) is 25.8. The summed E-state index contributed by atoms with van der Waals surface area (Å²) in [5.74, 6) is -2.01. The minimum atomic E-state index is -4.99. The Kier molecular flexibility index (Phi) is 2.53. The lowest BCUT2D eigenvalue weighted by Crippen LogP contribution is -2.12. The number of hydrogen-bond donors (Lipinski definition) is 3. The first-order chi connectivity index (χ1) is 4.39. The smallest absolute Gasteiger partial charge is 0.381 e. The zero-order valence-electron chi connectivity index (χ0n) is 4.46. The molecule has 0 aliphatic rings. The summed E-state index contributed by atoms with van der Waals surface area (Å²) < 4.78 is 9.99. The van der Waals surface area contributed by atoms with Crippen LogP contribution in [-0.2, 0) is 9.36 Å². The van der Waals surface area contributed by atoms with Crippen LogP contribution in [0.25, 0.3) is 0 Å². The third-order valence-corrected chi connectivity index (χ3v) is 1.38. The van der Waals surface area contributed by atoms with Gasteiger partial charge in [-0.25, -0.2) is 4.79 Å². The van der Waals surface area contributed by atoms with Gasteiger partial charge in [-0.1, -0.05) is 0 Å². The predicted molar refractivity (Wildman–Crippen MR) is 30.5 cm³/mol. The van der Waals surface area contributed by atoms with Gasteiger partial charge in [0.1, 0.15) is 0 Å². The second-order valence-corrected chi connectivity index (χ2v) is 2.78. The van der Waals surface area contributed by atoms with Crippen LogP contribution in [0.3, 0.4) is 0 Å². The lowest BCUT2D eigenvalue weighted by molar-refractivity contribution is -0.129. The molecule has 0 aromatic heterocycles. The van der Waals surface area contributed by atoms with E-state index in [1.54, 1.807) is 5.16 Å². The Hall–Kier alpha value is -0.910. The molecule has 0 saturated heterocycles. The number of aliphatic carboxylic acids is 1. The second kappa shape index (κ2) is 2.78. The van der Waals surface area contributed by atoms with Crippen molar-refractivity contribution in [2.45, 2.75) is 0 Å². The van der Waals surface area contributed by atoms with Gasteiger partial charge in [-0.2, -0.15) is 0 Å². The van der Waals surface area contributed by atoms with Gasteiger partial charge in [-0.15, -0.1) is 0 Å². The van der Waals surface area contributed by atoms with E-state index in [9.17, 15) is 14.6 Å². The highest BCUT2D eigenvalue weighted by atomic mass is 31.2. The number of carbonyl (C=O) groups is 1. The van der Waals surface area contributed by atoms with Crippen LogP contribution in [0.5, 0.6) is 0 Å². The highest BCUT2D eigenvalue weighted by Crippen LogP contribution is 2.36. The van der Waals surface area contributed by atoms with Crippen molar-refractivity contribution in [1.82, 2.24) is 0 Å². The normalized spacial score (nSPS) is 13.2. The van der Waals surface area contributed by atoms with E-state index in [1.807, 2.05) is 0 Å². The van der Waals surface area contributed by atoms with E-state index in [4.69, 9.17) is 14.9 Å². The van der Waals surface area contributed by atoms with Crippen LogP contribution in [0.15, 0.2) is 5.16 Å². The highest BCUT2D eigenvalue weighted by Gasteiger charge is 2.28. The Morgan fingerprint density at radius 2 is 1.90 bits per heavy atom. The Bertz CT molecular complexity index is 214. The van der Waals surface area contributed by atoms with Crippen LogP contribution in [0.2, 0.25) is 0 Å². The van der Waals surface area contributed by atoms with E-state index < -0.39 is 19.0 Å². The Morgan fingerprint density at radius 3 is 1.90 bits per heavy atom. The minimum absolute atomic E-state index is 1.66. The summed E-state index contributed by atoms with van der Waals surface area (Å²) in [6.45, 7) is 0. The fourth-order valence-corrected chi connectivity index (χ4v) is 0.572. The van der Waals surface area contributed by atoms with Gasteiger partial charge in [0.05, 0.1) is 0 Å². The summed E-state index contributed by atoms with van der Waals surface area (Å²) in [5, 5.41) is 19.0. The largest absolute Gasteiger partial charge is 0.791 e. The molecular weight excluding hydrogens is 165 g/mol. The molecule has 0 amide bonds. The van der Waals surface area contributed by atoms with E-state index in [1.165, 1.54) is 0 Å². The molecule has 3 N–H and O–H groups in total. The van der Waals surface area contributed by atoms with Gasteiger partial charge in [0, 0.05) is 0 Å². The number of nitrogens with zero attached hydrogens (tertiary/aromatic N) is 1. The van der Waals surface area contributed by atoms with Crippen LogP contribution >= 0.6 is 7.60 Å². The molecule has 8 heteroatoms. The summed E-state index contributed by atoms with van der Waals surface area (Å²) >= 11 is 0. The number of rotatable bonds is 2. The van der Waals surface area contributed by atoms with Gasteiger partial charge in [0.25, 0.3) is 0 Å². The van der Waals surface area contributed by atoms with Crippen molar-refractivity contribution in [2.75, 3.05) is 0 Å². The number of hydrogen-bond acceptors (Lipinski definition) is 4. The average molecular weight is 168 g/mol. The molecule has 0 rings (SSSR count). The summed E-state index contributed by atoms with van der Waals surface area (Å²) in [5.41, 5.74) is -1.67. The van der Waals surface area contributed by atoms with Gasteiger partial charge in [-0.3, -0.25) is 4.57 Å².